The molecule has 5 rings (SSSR count). The van der Waals surface area contributed by atoms with Crippen LogP contribution in [0, 0.1) is 11.6 Å². The maximum absolute atomic E-state index is 15.1. The zero-order chi connectivity index (χ0) is 31.2. The van der Waals surface area contributed by atoms with Gasteiger partial charge >= 0.3 is 11.9 Å². The smallest absolute Gasteiger partial charge is 0.359 e. The van der Waals surface area contributed by atoms with Crippen LogP contribution in [0.15, 0.2) is 46.6 Å². The molecule has 2 aliphatic rings. The molecule has 1 saturated heterocycles. The van der Waals surface area contributed by atoms with Crippen molar-refractivity contribution in [3.8, 4) is 11.1 Å². The Morgan fingerprint density at radius 1 is 1.19 bits per heavy atom. The molecule has 0 saturated carbocycles. The fraction of sp³-hybridized carbons (Fsp3) is 0.414. The molecule has 43 heavy (non-hydrogen) atoms. The summed E-state index contributed by atoms with van der Waals surface area (Å²) in [4.78, 5) is 33.8. The van der Waals surface area contributed by atoms with Crippen LogP contribution in [-0.4, -0.2) is 71.8 Å². The summed E-state index contributed by atoms with van der Waals surface area (Å²) in [6.45, 7) is 7.44. The highest BCUT2D eigenvalue weighted by molar-refractivity contribution is 7.99. The second kappa shape index (κ2) is 11.9. The normalized spacial score (nSPS) is 20.5. The Morgan fingerprint density at radius 3 is 2.49 bits per heavy atom. The first-order valence-electron chi connectivity index (χ1n) is 13.4. The summed E-state index contributed by atoms with van der Waals surface area (Å²) in [6.07, 6.45) is -3.74. The van der Waals surface area contributed by atoms with Crippen molar-refractivity contribution in [3.63, 3.8) is 0 Å². The number of benzene rings is 2. The minimum Gasteiger partial charge on any atom is -0.359 e. The Hall–Kier alpha value is -3.49. The first-order chi connectivity index (χ1) is 20.4. The minimum absolute atomic E-state index is 0.00792. The minimum atomic E-state index is -4.94. The van der Waals surface area contributed by atoms with Gasteiger partial charge in [-0.3, -0.25) is 9.36 Å². The number of carbonyl (C=O) groups is 1. The van der Waals surface area contributed by atoms with Crippen LogP contribution in [0.5, 0.6) is 0 Å². The van der Waals surface area contributed by atoms with Gasteiger partial charge in [0.25, 0.3) is 0 Å². The van der Waals surface area contributed by atoms with Crippen molar-refractivity contribution in [2.75, 3.05) is 44.3 Å². The number of methoxy groups -OCH3 is 1. The van der Waals surface area contributed by atoms with Crippen LogP contribution >= 0.6 is 11.8 Å². The predicted octanol–water partition coefficient (Wildman–Crippen LogP) is 5.24. The maximum atomic E-state index is 15.1. The van der Waals surface area contributed by atoms with Crippen molar-refractivity contribution >= 4 is 34.4 Å². The monoisotopic (exact) mass is 624 g/mol. The fourth-order valence-corrected chi connectivity index (χ4v) is 7.25. The lowest BCUT2D eigenvalue weighted by molar-refractivity contribution is -0.137. The van der Waals surface area contributed by atoms with Gasteiger partial charge in [-0.15, -0.1) is 11.8 Å². The van der Waals surface area contributed by atoms with Gasteiger partial charge in [-0.05, 0) is 38.1 Å². The molecule has 0 spiro atoms. The van der Waals surface area contributed by atoms with E-state index >= 15 is 4.39 Å². The Labute approximate surface area is 248 Å². The molecule has 3 atom stereocenters. The van der Waals surface area contributed by atoms with Gasteiger partial charge in [-0.25, -0.2) is 13.6 Å². The summed E-state index contributed by atoms with van der Waals surface area (Å²) in [6, 6.07) is 1.90. The van der Waals surface area contributed by atoms with Crippen molar-refractivity contribution in [1.82, 2.24) is 14.5 Å². The van der Waals surface area contributed by atoms with Crippen LogP contribution in [-0.2, 0) is 20.4 Å². The van der Waals surface area contributed by atoms with Crippen molar-refractivity contribution < 1.29 is 36.2 Å². The molecule has 3 heterocycles. The van der Waals surface area contributed by atoms with Gasteiger partial charge in [0.1, 0.15) is 24.2 Å². The molecule has 0 N–H and O–H groups in total. The van der Waals surface area contributed by atoms with Gasteiger partial charge in [0.15, 0.2) is 0 Å². The maximum Gasteiger partial charge on any atom is 0.417 e. The van der Waals surface area contributed by atoms with Gasteiger partial charge in [0, 0.05) is 65.5 Å². The number of alkyl halides is 3. The molecule has 14 heteroatoms. The third kappa shape index (κ3) is 5.63. The molecule has 0 aliphatic carbocycles. The summed E-state index contributed by atoms with van der Waals surface area (Å²) < 4.78 is 84.9. The van der Waals surface area contributed by atoms with E-state index in [1.807, 2.05) is 0 Å². The molecule has 1 unspecified atom stereocenters. The van der Waals surface area contributed by atoms with Gasteiger partial charge < -0.3 is 19.3 Å². The van der Waals surface area contributed by atoms with E-state index in [2.05, 4.69) is 11.6 Å². The van der Waals surface area contributed by atoms with Crippen LogP contribution in [0.4, 0.5) is 27.8 Å². The summed E-state index contributed by atoms with van der Waals surface area (Å²) in [5.74, 6) is -2.24. The number of rotatable bonds is 7. The second-order valence-electron chi connectivity index (χ2n) is 10.5. The number of ether oxygens (including phenoxy) is 2. The molecular weight excluding hydrogens is 595 g/mol. The highest BCUT2D eigenvalue weighted by Crippen LogP contribution is 2.50. The first kappa shape index (κ1) is 31.0. The van der Waals surface area contributed by atoms with E-state index in [1.54, 1.807) is 23.6 Å². The van der Waals surface area contributed by atoms with Crippen LogP contribution < -0.4 is 10.6 Å². The SMILES string of the molecule is C=CC(=O)N1C(C)CN(c2nc(=O)n3c4c(c(-c5ccc(F)cc5F)c(C(F)(F)F)cc24)SC[C@@H]3COCOC)C[C@H]1C. The Bertz CT molecular complexity index is 1630. The quantitative estimate of drug-likeness (QED) is 0.154. The standard InChI is InChI=1S/C29H29F5N4O4S/c1-5-23(39)37-15(2)10-36(11-16(37)3)27-20-9-21(29(32,33)34)24(19-7-6-17(30)8-22(19)31)26-25(20)38(28(40)35-27)18(13-43-26)12-42-14-41-4/h5-9,15-16,18H,1,10-14H2,2-4H3/t15-,16?,18+/m1/s1. The number of amides is 1. The second-order valence-corrected chi connectivity index (χ2v) is 11.6. The molecule has 2 aliphatic heterocycles. The van der Waals surface area contributed by atoms with E-state index in [0.717, 1.165) is 30.0 Å². The lowest BCUT2D eigenvalue weighted by Crippen LogP contribution is -2.58. The van der Waals surface area contributed by atoms with Gasteiger partial charge in [0.2, 0.25) is 5.91 Å². The van der Waals surface area contributed by atoms with E-state index in [-0.39, 0.29) is 71.8 Å². The van der Waals surface area contributed by atoms with E-state index in [1.165, 1.54) is 17.8 Å². The highest BCUT2D eigenvalue weighted by Gasteiger charge is 2.41. The van der Waals surface area contributed by atoms with E-state index in [9.17, 15) is 27.2 Å². The molecule has 230 valence electrons. The van der Waals surface area contributed by atoms with Crippen LogP contribution in [0.1, 0.15) is 25.5 Å². The Balaban J connectivity index is 1.80. The highest BCUT2D eigenvalue weighted by atomic mass is 32.2. The molecule has 0 bridgehead atoms. The summed E-state index contributed by atoms with van der Waals surface area (Å²) >= 11 is 1.03. The lowest BCUT2D eigenvalue weighted by atomic mass is 9.95. The topological polar surface area (TPSA) is 76.9 Å². The van der Waals surface area contributed by atoms with Crippen LogP contribution in [0.25, 0.3) is 22.0 Å². The fourth-order valence-electron chi connectivity index (χ4n) is 5.94. The van der Waals surface area contributed by atoms with Gasteiger partial charge in [-0.1, -0.05) is 6.58 Å². The van der Waals surface area contributed by atoms with E-state index in [4.69, 9.17) is 9.47 Å². The number of halogens is 5. The average Bonchev–Trinajstić information content (AvgIpc) is 2.94. The third-order valence-electron chi connectivity index (χ3n) is 7.59. The number of hydrogen-bond donors (Lipinski definition) is 0. The Kier molecular flexibility index (Phi) is 8.56. The van der Waals surface area contributed by atoms with Gasteiger partial charge in [0.05, 0.1) is 23.7 Å². The number of hydrogen-bond acceptors (Lipinski definition) is 7. The predicted molar refractivity (Wildman–Crippen MR) is 152 cm³/mol. The van der Waals surface area contributed by atoms with Gasteiger partial charge in [-0.2, -0.15) is 18.2 Å². The number of aromatic nitrogens is 2. The van der Waals surface area contributed by atoms with Crippen LogP contribution in [0.3, 0.4) is 0 Å². The van der Waals surface area contributed by atoms with Crippen molar-refractivity contribution in [2.24, 2.45) is 0 Å². The van der Waals surface area contributed by atoms with E-state index in [0.29, 0.717) is 6.07 Å². The van der Waals surface area contributed by atoms with Crippen molar-refractivity contribution in [1.29, 1.82) is 0 Å². The number of anilines is 1. The molecule has 3 aromatic rings. The molecule has 1 aromatic heterocycles. The summed E-state index contributed by atoms with van der Waals surface area (Å²) in [5, 5.41) is 0.0417. The molecule has 1 fully saturated rings. The van der Waals surface area contributed by atoms with Crippen molar-refractivity contribution in [2.45, 2.75) is 43.0 Å². The first-order valence-corrected chi connectivity index (χ1v) is 14.4. The Morgan fingerprint density at radius 2 is 1.88 bits per heavy atom. The molecule has 8 nitrogen and oxygen atoms in total. The average molecular weight is 625 g/mol. The molecular formula is C29H29F5N4O4S. The molecule has 0 radical (unpaired) electrons. The van der Waals surface area contributed by atoms with Crippen molar-refractivity contribution in [3.05, 3.63) is 64.6 Å². The summed E-state index contributed by atoms with van der Waals surface area (Å²) in [7, 11) is 1.43. The number of piperazine rings is 1. The van der Waals surface area contributed by atoms with E-state index < -0.39 is 46.2 Å². The number of nitrogens with zero attached hydrogens (tertiary/aromatic N) is 4. The zero-order valence-electron chi connectivity index (χ0n) is 23.6. The van der Waals surface area contributed by atoms with Crippen LogP contribution in [0.2, 0.25) is 0 Å². The molecule has 2 aromatic carbocycles. The number of thioether (sulfide) groups is 1. The third-order valence-corrected chi connectivity index (χ3v) is 8.83. The largest absolute Gasteiger partial charge is 0.417 e. The lowest BCUT2D eigenvalue weighted by Gasteiger charge is -2.45. The summed E-state index contributed by atoms with van der Waals surface area (Å²) in [5.41, 5.74) is -2.63. The number of carbonyl (C=O) groups excluding carboxylic acids is 1. The zero-order valence-corrected chi connectivity index (χ0v) is 24.4. The molecule has 1 amide bonds.